The third kappa shape index (κ3) is 4.25. The van der Waals surface area contributed by atoms with Gasteiger partial charge in [-0.2, -0.15) is 16.4 Å². The molecule has 4 rings (SSSR count). The van der Waals surface area contributed by atoms with E-state index in [4.69, 9.17) is 11.6 Å². The standard InChI is InChI=1S/C19H18ClN7OS/c1-29-9-8-16(18-22-14-4-2-3-5-15(14)23-18)24-19(28)13-7-6-12(20)10-17(13)27-11-21-25-26-27/h2-7,10-11,16H,8-9H2,1H3,(H,22,23)(H,24,28). The lowest BCUT2D eigenvalue weighted by molar-refractivity contribution is 0.0934. The normalized spacial score (nSPS) is 12.2. The summed E-state index contributed by atoms with van der Waals surface area (Å²) in [4.78, 5) is 21.1. The zero-order valence-corrected chi connectivity index (χ0v) is 17.1. The SMILES string of the molecule is CSCCC(NC(=O)c1ccc(Cl)cc1-n1cnnn1)c1nc2ccccc2[nH]1. The van der Waals surface area contributed by atoms with Crippen LogP contribution in [-0.2, 0) is 0 Å². The zero-order valence-electron chi connectivity index (χ0n) is 15.5. The van der Waals surface area contributed by atoms with E-state index in [-0.39, 0.29) is 11.9 Å². The van der Waals surface area contributed by atoms with Gasteiger partial charge in [0, 0.05) is 5.02 Å². The molecule has 0 fully saturated rings. The fourth-order valence-corrected chi connectivity index (χ4v) is 3.68. The minimum Gasteiger partial charge on any atom is -0.342 e. The van der Waals surface area contributed by atoms with Crippen LogP contribution in [0.1, 0.15) is 28.6 Å². The molecule has 2 heterocycles. The fourth-order valence-electron chi connectivity index (χ4n) is 3.04. The Kier molecular flexibility index (Phi) is 5.77. The molecule has 1 unspecified atom stereocenters. The van der Waals surface area contributed by atoms with Gasteiger partial charge in [0.2, 0.25) is 0 Å². The number of aromatic nitrogens is 6. The number of benzene rings is 2. The van der Waals surface area contributed by atoms with Crippen LogP contribution in [0.3, 0.4) is 0 Å². The van der Waals surface area contributed by atoms with Crippen LogP contribution in [0.15, 0.2) is 48.8 Å². The molecule has 148 valence electrons. The largest absolute Gasteiger partial charge is 0.342 e. The topological polar surface area (TPSA) is 101 Å². The van der Waals surface area contributed by atoms with E-state index in [0.29, 0.717) is 16.3 Å². The number of amides is 1. The first-order chi connectivity index (χ1) is 14.2. The molecule has 0 radical (unpaired) electrons. The van der Waals surface area contributed by atoms with E-state index in [1.165, 1.54) is 11.0 Å². The number of tetrazole rings is 1. The number of imidazole rings is 1. The number of para-hydroxylation sites is 2. The quantitative estimate of drug-likeness (QED) is 0.468. The number of H-pyrrole nitrogens is 1. The van der Waals surface area contributed by atoms with Crippen molar-refractivity contribution < 1.29 is 4.79 Å². The highest BCUT2D eigenvalue weighted by Gasteiger charge is 2.21. The van der Waals surface area contributed by atoms with Crippen LogP contribution in [-0.4, -0.2) is 48.1 Å². The van der Waals surface area contributed by atoms with Crippen molar-refractivity contribution in [1.82, 2.24) is 35.5 Å². The Morgan fingerprint density at radius 3 is 2.93 bits per heavy atom. The Labute approximate surface area is 176 Å². The number of aromatic amines is 1. The van der Waals surface area contributed by atoms with E-state index in [1.54, 1.807) is 30.0 Å². The maximum atomic E-state index is 13.1. The van der Waals surface area contributed by atoms with Crippen LogP contribution in [0, 0.1) is 0 Å². The van der Waals surface area contributed by atoms with Gasteiger partial charge in [-0.05, 0) is 59.2 Å². The van der Waals surface area contributed by atoms with Crippen molar-refractivity contribution in [3.05, 3.63) is 65.2 Å². The Morgan fingerprint density at radius 2 is 2.17 bits per heavy atom. The number of nitrogens with one attached hydrogen (secondary N) is 2. The summed E-state index contributed by atoms with van der Waals surface area (Å²) in [6.07, 6.45) is 4.19. The second-order valence-corrected chi connectivity index (χ2v) is 7.78. The van der Waals surface area contributed by atoms with Gasteiger partial charge < -0.3 is 10.3 Å². The number of fused-ring (bicyclic) bond motifs is 1. The summed E-state index contributed by atoms with van der Waals surface area (Å²) in [6, 6.07) is 12.5. The van der Waals surface area contributed by atoms with E-state index in [0.717, 1.165) is 29.0 Å². The van der Waals surface area contributed by atoms with Crippen LogP contribution in [0.4, 0.5) is 0 Å². The molecule has 0 saturated carbocycles. The van der Waals surface area contributed by atoms with Crippen molar-refractivity contribution in [3.8, 4) is 5.69 Å². The minimum absolute atomic E-state index is 0.251. The summed E-state index contributed by atoms with van der Waals surface area (Å²) in [5.74, 6) is 1.35. The van der Waals surface area contributed by atoms with E-state index >= 15 is 0 Å². The zero-order chi connectivity index (χ0) is 20.2. The third-order valence-corrected chi connectivity index (χ3v) is 5.33. The van der Waals surface area contributed by atoms with Crippen LogP contribution >= 0.6 is 23.4 Å². The van der Waals surface area contributed by atoms with Gasteiger partial charge in [0.1, 0.15) is 12.2 Å². The second-order valence-electron chi connectivity index (χ2n) is 6.36. The van der Waals surface area contributed by atoms with Crippen molar-refractivity contribution in [3.63, 3.8) is 0 Å². The number of hydrogen-bond donors (Lipinski definition) is 2. The molecule has 10 heteroatoms. The van der Waals surface area contributed by atoms with Gasteiger partial charge >= 0.3 is 0 Å². The summed E-state index contributed by atoms with van der Waals surface area (Å²) in [5.41, 5.74) is 2.73. The molecular formula is C19H18ClN7OS. The van der Waals surface area contributed by atoms with Crippen molar-refractivity contribution in [1.29, 1.82) is 0 Å². The molecule has 1 atom stereocenters. The van der Waals surface area contributed by atoms with Crippen molar-refractivity contribution in [2.45, 2.75) is 12.5 Å². The van der Waals surface area contributed by atoms with Gasteiger partial charge in [-0.25, -0.2) is 4.98 Å². The average Bonchev–Trinajstić information content (AvgIpc) is 3.40. The van der Waals surface area contributed by atoms with Crippen molar-refractivity contribution in [2.75, 3.05) is 12.0 Å². The monoisotopic (exact) mass is 427 g/mol. The Balaban J connectivity index is 1.65. The molecule has 0 saturated heterocycles. The molecule has 29 heavy (non-hydrogen) atoms. The molecular weight excluding hydrogens is 410 g/mol. The number of nitrogens with zero attached hydrogens (tertiary/aromatic N) is 5. The molecule has 1 amide bonds. The Hall–Kier alpha value is -2.91. The van der Waals surface area contributed by atoms with Crippen LogP contribution < -0.4 is 5.32 Å². The summed E-state index contributed by atoms with van der Waals surface area (Å²) < 4.78 is 1.42. The van der Waals surface area contributed by atoms with Gasteiger partial charge in [0.15, 0.2) is 0 Å². The number of carbonyl (C=O) groups is 1. The first-order valence-electron chi connectivity index (χ1n) is 8.93. The number of halogens is 1. The van der Waals surface area contributed by atoms with Gasteiger partial charge in [-0.1, -0.05) is 23.7 Å². The number of carbonyl (C=O) groups excluding carboxylic acids is 1. The lowest BCUT2D eigenvalue weighted by atomic mass is 10.1. The lowest BCUT2D eigenvalue weighted by Gasteiger charge is -2.17. The van der Waals surface area contributed by atoms with E-state index in [9.17, 15) is 4.79 Å². The number of rotatable bonds is 7. The van der Waals surface area contributed by atoms with E-state index in [2.05, 4.69) is 30.8 Å². The highest BCUT2D eigenvalue weighted by atomic mass is 35.5. The molecule has 0 bridgehead atoms. The molecule has 2 aromatic carbocycles. The summed E-state index contributed by atoms with van der Waals surface area (Å²) in [6.45, 7) is 0. The first kappa shape index (κ1) is 19.4. The van der Waals surface area contributed by atoms with Gasteiger partial charge in [0.05, 0.1) is 28.3 Å². The van der Waals surface area contributed by atoms with Crippen molar-refractivity contribution >= 4 is 40.3 Å². The summed E-state index contributed by atoms with van der Waals surface area (Å²) >= 11 is 7.84. The summed E-state index contributed by atoms with van der Waals surface area (Å²) in [7, 11) is 0. The Morgan fingerprint density at radius 1 is 1.31 bits per heavy atom. The van der Waals surface area contributed by atoms with Crippen LogP contribution in [0.5, 0.6) is 0 Å². The first-order valence-corrected chi connectivity index (χ1v) is 10.7. The molecule has 0 spiro atoms. The van der Waals surface area contributed by atoms with Crippen molar-refractivity contribution in [2.24, 2.45) is 0 Å². The molecule has 8 nitrogen and oxygen atoms in total. The smallest absolute Gasteiger partial charge is 0.254 e. The fraction of sp³-hybridized carbons (Fsp3) is 0.211. The maximum absolute atomic E-state index is 13.1. The number of hydrogen-bond acceptors (Lipinski definition) is 6. The highest BCUT2D eigenvalue weighted by molar-refractivity contribution is 7.98. The van der Waals surface area contributed by atoms with Crippen LogP contribution in [0.25, 0.3) is 16.7 Å². The summed E-state index contributed by atoms with van der Waals surface area (Å²) in [5, 5.41) is 14.8. The predicted octanol–water partition coefficient (Wildman–Crippen LogP) is 3.42. The minimum atomic E-state index is -0.264. The Bertz CT molecular complexity index is 1100. The molecule has 0 aliphatic rings. The number of thioether (sulfide) groups is 1. The predicted molar refractivity (Wildman–Crippen MR) is 113 cm³/mol. The lowest BCUT2D eigenvalue weighted by Crippen LogP contribution is -2.30. The average molecular weight is 428 g/mol. The molecule has 0 aliphatic heterocycles. The van der Waals surface area contributed by atoms with E-state index < -0.39 is 0 Å². The third-order valence-electron chi connectivity index (χ3n) is 4.45. The maximum Gasteiger partial charge on any atom is 0.254 e. The van der Waals surface area contributed by atoms with Gasteiger partial charge in [0.25, 0.3) is 5.91 Å². The molecule has 0 aliphatic carbocycles. The molecule has 2 aromatic heterocycles. The van der Waals surface area contributed by atoms with Crippen LogP contribution in [0.2, 0.25) is 5.02 Å². The van der Waals surface area contributed by atoms with Gasteiger partial charge in [-0.3, -0.25) is 4.79 Å². The molecule has 4 aromatic rings. The second kappa shape index (κ2) is 8.62. The van der Waals surface area contributed by atoms with Gasteiger partial charge in [-0.15, -0.1) is 5.10 Å². The highest BCUT2D eigenvalue weighted by Crippen LogP contribution is 2.23. The van der Waals surface area contributed by atoms with E-state index in [1.807, 2.05) is 30.5 Å². The molecule has 2 N–H and O–H groups in total.